The highest BCUT2D eigenvalue weighted by Gasteiger charge is 2.38. The first-order valence-corrected chi connectivity index (χ1v) is 15.2. The van der Waals surface area contributed by atoms with Gasteiger partial charge in [0.15, 0.2) is 0 Å². The van der Waals surface area contributed by atoms with Crippen molar-refractivity contribution in [2.24, 2.45) is 5.73 Å². The number of para-hydroxylation sites is 4. The van der Waals surface area contributed by atoms with Crippen LogP contribution in [0.5, 0.6) is 0 Å². The van der Waals surface area contributed by atoms with Gasteiger partial charge in [0, 0.05) is 46.3 Å². The summed E-state index contributed by atoms with van der Waals surface area (Å²) in [5.41, 5.74) is 9.02. The van der Waals surface area contributed by atoms with E-state index in [0.717, 1.165) is 34.7 Å². The first-order valence-electron chi connectivity index (χ1n) is 15.2. The van der Waals surface area contributed by atoms with Crippen molar-refractivity contribution in [3.63, 3.8) is 0 Å². The summed E-state index contributed by atoms with van der Waals surface area (Å²) in [5.74, 6) is 1.58. The molecule has 13 nitrogen and oxygen atoms in total. The average molecular weight is 620 g/mol. The van der Waals surface area contributed by atoms with Gasteiger partial charge in [0.25, 0.3) is 0 Å². The lowest BCUT2D eigenvalue weighted by atomic mass is 10.1. The molecule has 13 heteroatoms. The predicted molar refractivity (Wildman–Crippen MR) is 174 cm³/mol. The summed E-state index contributed by atoms with van der Waals surface area (Å²) in [6.07, 6.45) is -0.493. The summed E-state index contributed by atoms with van der Waals surface area (Å²) in [5, 5.41) is 5.48. The van der Waals surface area contributed by atoms with Crippen LogP contribution in [0.2, 0.25) is 0 Å². The van der Waals surface area contributed by atoms with Crippen LogP contribution < -0.4 is 16.4 Å². The van der Waals surface area contributed by atoms with E-state index in [4.69, 9.17) is 10.5 Å². The number of amides is 4. The van der Waals surface area contributed by atoms with E-state index in [1.165, 1.54) is 22.4 Å². The zero-order chi connectivity index (χ0) is 32.7. The molecule has 4 amide bonds. The van der Waals surface area contributed by atoms with Crippen LogP contribution in [-0.2, 0) is 22.6 Å². The van der Waals surface area contributed by atoms with Crippen LogP contribution in [0.25, 0.3) is 22.1 Å². The first kappa shape index (κ1) is 33.2. The van der Waals surface area contributed by atoms with Gasteiger partial charge in [0.05, 0.1) is 28.6 Å². The van der Waals surface area contributed by atoms with Gasteiger partial charge in [0.1, 0.15) is 23.3 Å². The molecule has 0 radical (unpaired) electrons. The number of fused-ring (bicyclic) bond motifs is 2. The number of nitrogens with zero attached hydrogens (tertiary/aromatic N) is 6. The predicted octanol–water partition coefficient (Wildman–Crippen LogP) is 3.03. The third-order valence-electron chi connectivity index (χ3n) is 7.49. The number of nitrogens with two attached hydrogens (primary N) is 1. The third kappa shape index (κ3) is 8.09. The van der Waals surface area contributed by atoms with Crippen molar-refractivity contribution in [1.82, 2.24) is 39.5 Å². The number of urea groups is 1. The molecule has 1 aliphatic heterocycles. The molecule has 45 heavy (non-hydrogen) atoms. The Balaban J connectivity index is 0.000000293. The first-order chi connectivity index (χ1) is 21.4. The number of hydrogen-bond donors (Lipinski definition) is 3. The maximum atomic E-state index is 13.0. The summed E-state index contributed by atoms with van der Waals surface area (Å²) >= 11 is 0. The molecule has 0 saturated carbocycles. The maximum absolute atomic E-state index is 13.0. The number of carbonyl (C=O) groups excluding carboxylic acids is 3. The molecule has 0 bridgehead atoms. The third-order valence-corrected chi connectivity index (χ3v) is 7.49. The number of benzene rings is 2. The molecule has 5 rings (SSSR count). The van der Waals surface area contributed by atoms with E-state index < -0.39 is 17.7 Å². The maximum Gasteiger partial charge on any atom is 0.410 e. The molecule has 4 aromatic rings. The minimum absolute atomic E-state index is 0.0706. The number of aromatic nitrogens is 4. The molecule has 0 aliphatic carbocycles. The van der Waals surface area contributed by atoms with Crippen LogP contribution in [0.3, 0.4) is 0 Å². The Kier molecular flexibility index (Phi) is 10.7. The number of nitrogens with one attached hydrogen (secondary N) is 2. The minimum atomic E-state index is -0.808. The van der Waals surface area contributed by atoms with Gasteiger partial charge in [-0.05, 0) is 58.9 Å². The van der Waals surface area contributed by atoms with E-state index in [2.05, 4.69) is 31.2 Å². The number of piperazine rings is 1. The van der Waals surface area contributed by atoms with Gasteiger partial charge >= 0.3 is 12.1 Å². The van der Waals surface area contributed by atoms with Crippen molar-refractivity contribution in [3.05, 3.63) is 60.2 Å². The second kappa shape index (κ2) is 14.4. The number of hydrogen-bond acceptors (Lipinski definition) is 7. The van der Waals surface area contributed by atoms with Crippen LogP contribution in [-0.4, -0.2) is 98.3 Å². The zero-order valence-corrected chi connectivity index (χ0v) is 27.0. The molecule has 1 atom stereocenters. The van der Waals surface area contributed by atoms with Crippen molar-refractivity contribution in [2.75, 3.05) is 39.8 Å². The van der Waals surface area contributed by atoms with E-state index in [-0.39, 0.29) is 25.0 Å². The van der Waals surface area contributed by atoms with Crippen molar-refractivity contribution in [2.45, 2.75) is 59.4 Å². The van der Waals surface area contributed by atoms with E-state index in [1.807, 2.05) is 60.9 Å². The summed E-state index contributed by atoms with van der Waals surface area (Å²) < 4.78 is 9.63. The molecule has 1 aliphatic rings. The number of aryl methyl sites for hydroxylation is 2. The Morgan fingerprint density at radius 1 is 0.911 bits per heavy atom. The summed E-state index contributed by atoms with van der Waals surface area (Å²) in [6, 6.07) is 14.8. The molecule has 1 fully saturated rings. The lowest BCUT2D eigenvalue weighted by molar-refractivity contribution is -0.127. The van der Waals surface area contributed by atoms with Crippen LogP contribution in [0.15, 0.2) is 48.5 Å². The van der Waals surface area contributed by atoms with Crippen LogP contribution >= 0.6 is 0 Å². The molecule has 1 saturated heterocycles. The highest BCUT2D eigenvalue weighted by atomic mass is 16.6. The highest BCUT2D eigenvalue weighted by Crippen LogP contribution is 2.17. The van der Waals surface area contributed by atoms with Gasteiger partial charge in [-0.25, -0.2) is 19.6 Å². The smallest absolute Gasteiger partial charge is 0.410 e. The normalized spacial score (nSPS) is 15.0. The Bertz CT molecular complexity index is 1640. The summed E-state index contributed by atoms with van der Waals surface area (Å²) in [4.78, 5) is 49.8. The second-order valence-corrected chi connectivity index (χ2v) is 11.9. The minimum Gasteiger partial charge on any atom is -0.444 e. The quantitative estimate of drug-likeness (QED) is 0.300. The standard InChI is InChI=1S/C22H32N6O4.C10H13N3/c1-15-25-16-8-6-7-9-17(16)27(15)11-10-24-19(29)18-14-26(21(31)32-22(2,3)4)12-13-28(18)20(30)23-5;1-8-12-9-4-2-3-5-10(9)13(8)7-6-11/h6-9,18H,10-14H2,1-5H3,(H,23,30)(H,24,29);2-5H,6-7,11H2,1H3/t18-;/m1./s1. The van der Waals surface area contributed by atoms with Gasteiger partial charge in [-0.1, -0.05) is 24.3 Å². The van der Waals surface area contributed by atoms with Gasteiger partial charge < -0.3 is 40.0 Å². The Hall–Kier alpha value is -4.65. The number of rotatable bonds is 6. The largest absolute Gasteiger partial charge is 0.444 e. The zero-order valence-electron chi connectivity index (χ0n) is 27.0. The van der Waals surface area contributed by atoms with E-state index in [0.29, 0.717) is 26.2 Å². The lowest BCUT2D eigenvalue weighted by Gasteiger charge is -2.40. The van der Waals surface area contributed by atoms with Crippen LogP contribution in [0, 0.1) is 13.8 Å². The molecule has 2 aromatic carbocycles. The Morgan fingerprint density at radius 3 is 2.00 bits per heavy atom. The number of ether oxygens (including phenoxy) is 1. The number of imidazole rings is 2. The molecule has 0 unspecified atom stereocenters. The van der Waals surface area contributed by atoms with E-state index in [1.54, 1.807) is 20.8 Å². The molecule has 242 valence electrons. The monoisotopic (exact) mass is 619 g/mol. The molecule has 3 heterocycles. The van der Waals surface area contributed by atoms with Crippen molar-refractivity contribution >= 4 is 40.1 Å². The summed E-state index contributed by atoms with van der Waals surface area (Å²) in [6.45, 7) is 12.3. The van der Waals surface area contributed by atoms with Crippen LogP contribution in [0.4, 0.5) is 9.59 Å². The van der Waals surface area contributed by atoms with Gasteiger partial charge in [-0.3, -0.25) is 4.79 Å². The van der Waals surface area contributed by atoms with Crippen LogP contribution in [0.1, 0.15) is 32.4 Å². The fourth-order valence-electron chi connectivity index (χ4n) is 5.38. The molecule has 4 N–H and O–H groups in total. The van der Waals surface area contributed by atoms with Crippen molar-refractivity contribution in [1.29, 1.82) is 0 Å². The number of carbonyl (C=O) groups is 3. The van der Waals surface area contributed by atoms with Crippen molar-refractivity contribution in [3.8, 4) is 0 Å². The van der Waals surface area contributed by atoms with E-state index in [9.17, 15) is 14.4 Å². The lowest BCUT2D eigenvalue weighted by Crippen LogP contribution is -2.63. The topological polar surface area (TPSA) is 153 Å². The Labute approximate surface area is 263 Å². The van der Waals surface area contributed by atoms with Gasteiger partial charge in [-0.15, -0.1) is 0 Å². The van der Waals surface area contributed by atoms with Gasteiger partial charge in [-0.2, -0.15) is 0 Å². The SMILES string of the molecule is CNC(=O)N1CCN(C(=O)OC(C)(C)C)C[C@@H]1C(=O)NCCn1c(C)nc2ccccc21.Cc1nc2ccccc2n1CCN. The molecular formula is C32H45N9O4. The average Bonchev–Trinajstić information content (AvgIpc) is 3.50. The fourth-order valence-corrected chi connectivity index (χ4v) is 5.38. The molecule has 2 aromatic heterocycles. The summed E-state index contributed by atoms with van der Waals surface area (Å²) in [7, 11) is 1.52. The second-order valence-electron chi connectivity index (χ2n) is 11.9. The fraction of sp³-hybridized carbons (Fsp3) is 0.469. The molecular weight excluding hydrogens is 574 g/mol. The highest BCUT2D eigenvalue weighted by molar-refractivity contribution is 5.88. The molecule has 0 spiro atoms. The Morgan fingerprint density at radius 2 is 1.47 bits per heavy atom. The van der Waals surface area contributed by atoms with E-state index >= 15 is 0 Å². The van der Waals surface area contributed by atoms with Crippen molar-refractivity contribution < 1.29 is 19.1 Å². The van der Waals surface area contributed by atoms with Gasteiger partial charge in [0.2, 0.25) is 5.91 Å².